The second-order valence-corrected chi connectivity index (χ2v) is 5.22. The number of hydrogen-bond acceptors (Lipinski definition) is 4. The van der Waals surface area contributed by atoms with Crippen molar-refractivity contribution in [3.8, 4) is 11.5 Å². The SMILES string of the molecule is COc1ccc(C=N[NH2+]C(N)=NCc2ccccc2)c(Cl)c1OC.[Cl-]. The summed E-state index contributed by atoms with van der Waals surface area (Å²) in [6, 6.07) is 13.4. The number of halogens is 2. The van der Waals surface area contributed by atoms with E-state index in [0.29, 0.717) is 34.6 Å². The molecule has 0 aliphatic heterocycles. The molecule has 2 aromatic carbocycles. The Labute approximate surface area is 158 Å². The number of rotatable bonds is 6. The average Bonchev–Trinajstić information content (AvgIpc) is 2.62. The minimum absolute atomic E-state index is 0. The van der Waals surface area contributed by atoms with Gasteiger partial charge in [0.1, 0.15) is 0 Å². The molecule has 0 aromatic heterocycles. The van der Waals surface area contributed by atoms with Gasteiger partial charge in [-0.15, -0.1) is 0 Å². The number of nitrogens with zero attached hydrogens (tertiary/aromatic N) is 2. The van der Waals surface area contributed by atoms with Gasteiger partial charge in [0.25, 0.3) is 0 Å². The van der Waals surface area contributed by atoms with Crippen LogP contribution in [0.3, 0.4) is 0 Å². The predicted octanol–water partition coefficient (Wildman–Crippen LogP) is -1.23. The summed E-state index contributed by atoms with van der Waals surface area (Å²) in [5, 5.41) is 4.58. The van der Waals surface area contributed by atoms with Gasteiger partial charge >= 0.3 is 5.96 Å². The van der Waals surface area contributed by atoms with Crippen LogP contribution in [0.4, 0.5) is 0 Å². The monoisotopic (exact) mass is 382 g/mol. The summed E-state index contributed by atoms with van der Waals surface area (Å²) in [6.07, 6.45) is 1.59. The summed E-state index contributed by atoms with van der Waals surface area (Å²) in [6.45, 7) is 0.510. The Bertz CT molecular complexity index is 737. The van der Waals surface area contributed by atoms with E-state index < -0.39 is 0 Å². The van der Waals surface area contributed by atoms with Crippen LogP contribution in [-0.4, -0.2) is 26.4 Å². The van der Waals surface area contributed by atoms with Gasteiger partial charge < -0.3 is 27.6 Å². The van der Waals surface area contributed by atoms with Crippen molar-refractivity contribution in [1.29, 1.82) is 0 Å². The molecular formula is C17H20Cl2N4O2. The highest BCUT2D eigenvalue weighted by Crippen LogP contribution is 2.36. The molecule has 0 unspecified atom stereocenters. The Morgan fingerprint density at radius 2 is 1.88 bits per heavy atom. The van der Waals surface area contributed by atoms with Crippen LogP contribution in [0.25, 0.3) is 0 Å². The maximum absolute atomic E-state index is 6.28. The Balaban J connectivity index is 0.00000312. The van der Waals surface area contributed by atoms with Gasteiger partial charge in [-0.3, -0.25) is 0 Å². The molecule has 6 nitrogen and oxygen atoms in total. The van der Waals surface area contributed by atoms with E-state index >= 15 is 0 Å². The number of ether oxygens (including phenoxy) is 2. The van der Waals surface area contributed by atoms with Gasteiger partial charge in [-0.25, -0.2) is 4.99 Å². The van der Waals surface area contributed by atoms with Crippen LogP contribution in [0.5, 0.6) is 11.5 Å². The highest BCUT2D eigenvalue weighted by atomic mass is 35.5. The Morgan fingerprint density at radius 3 is 2.52 bits per heavy atom. The normalized spacial score (nSPS) is 11.2. The van der Waals surface area contributed by atoms with E-state index in [2.05, 4.69) is 10.1 Å². The fourth-order valence-electron chi connectivity index (χ4n) is 2.00. The number of guanidine groups is 1. The molecule has 0 heterocycles. The lowest BCUT2D eigenvalue weighted by molar-refractivity contribution is -0.547. The summed E-state index contributed by atoms with van der Waals surface area (Å²) >= 11 is 6.28. The quantitative estimate of drug-likeness (QED) is 0.284. The van der Waals surface area contributed by atoms with E-state index in [1.54, 1.807) is 25.5 Å². The van der Waals surface area contributed by atoms with Crippen molar-refractivity contribution in [2.45, 2.75) is 6.54 Å². The number of methoxy groups -OCH3 is 2. The molecule has 0 radical (unpaired) electrons. The van der Waals surface area contributed by atoms with Crippen molar-refractivity contribution in [2.75, 3.05) is 14.2 Å². The standard InChI is InChI=1S/C17H19ClN4O2.ClH/c1-23-14-9-8-13(15(18)16(14)24-2)11-21-22-17(19)20-10-12-6-4-3-5-7-12;/h3-9,11H,10H2,1-2H3,(H3,19,20,22);1H. The van der Waals surface area contributed by atoms with E-state index in [-0.39, 0.29) is 12.4 Å². The minimum Gasteiger partial charge on any atom is -1.00 e. The van der Waals surface area contributed by atoms with Crippen LogP contribution in [0.2, 0.25) is 5.02 Å². The molecule has 25 heavy (non-hydrogen) atoms. The van der Waals surface area contributed by atoms with Gasteiger partial charge in [-0.1, -0.05) is 47.0 Å². The third-order valence-electron chi connectivity index (χ3n) is 3.22. The Hall–Kier alpha value is -2.28. The first-order valence-electron chi connectivity index (χ1n) is 7.26. The van der Waals surface area contributed by atoms with Gasteiger partial charge in [0.05, 0.1) is 32.0 Å². The second kappa shape index (κ2) is 10.6. The van der Waals surface area contributed by atoms with E-state index in [9.17, 15) is 0 Å². The molecule has 0 saturated carbocycles. The molecule has 0 atom stereocenters. The highest BCUT2D eigenvalue weighted by Gasteiger charge is 2.12. The summed E-state index contributed by atoms with van der Waals surface area (Å²) in [4.78, 5) is 4.26. The lowest BCUT2D eigenvalue weighted by Crippen LogP contribution is -3.00. The number of hydrogen-bond donors (Lipinski definition) is 2. The molecule has 0 spiro atoms. The maximum atomic E-state index is 6.28. The Morgan fingerprint density at radius 1 is 1.16 bits per heavy atom. The van der Waals surface area contributed by atoms with Crippen LogP contribution in [-0.2, 0) is 6.54 Å². The average molecular weight is 383 g/mol. The molecule has 4 N–H and O–H groups in total. The molecular weight excluding hydrogens is 363 g/mol. The van der Waals surface area contributed by atoms with Gasteiger partial charge in [-0.2, -0.15) is 5.43 Å². The van der Waals surface area contributed by atoms with Crippen LogP contribution in [0.1, 0.15) is 11.1 Å². The first-order chi connectivity index (χ1) is 11.7. The van der Waals surface area contributed by atoms with Crippen molar-refractivity contribution >= 4 is 23.8 Å². The molecule has 0 bridgehead atoms. The second-order valence-electron chi connectivity index (χ2n) is 4.84. The largest absolute Gasteiger partial charge is 1.00 e. The smallest absolute Gasteiger partial charge is 0.318 e. The topological polar surface area (TPSA) is 85.8 Å². The summed E-state index contributed by atoms with van der Waals surface area (Å²) in [7, 11) is 3.09. The van der Waals surface area contributed by atoms with Crippen molar-refractivity contribution < 1.29 is 27.3 Å². The maximum Gasteiger partial charge on any atom is 0.318 e. The van der Waals surface area contributed by atoms with Crippen LogP contribution < -0.4 is 33.0 Å². The molecule has 2 aromatic rings. The molecule has 2 rings (SSSR count). The van der Waals surface area contributed by atoms with Crippen LogP contribution in [0, 0.1) is 0 Å². The van der Waals surface area contributed by atoms with E-state index in [1.807, 2.05) is 30.3 Å². The summed E-state index contributed by atoms with van der Waals surface area (Å²) in [5.74, 6) is 1.37. The first kappa shape index (κ1) is 20.8. The summed E-state index contributed by atoms with van der Waals surface area (Å²) < 4.78 is 10.4. The fraction of sp³-hybridized carbons (Fsp3) is 0.176. The highest BCUT2D eigenvalue weighted by molar-refractivity contribution is 6.34. The van der Waals surface area contributed by atoms with Crippen molar-refractivity contribution in [3.63, 3.8) is 0 Å². The van der Waals surface area contributed by atoms with E-state index in [1.165, 1.54) is 12.5 Å². The Kier molecular flexibility index (Phi) is 8.77. The van der Waals surface area contributed by atoms with Crippen molar-refractivity contribution in [3.05, 3.63) is 58.6 Å². The predicted molar refractivity (Wildman–Crippen MR) is 95.8 cm³/mol. The molecule has 8 heteroatoms. The van der Waals surface area contributed by atoms with Crippen molar-refractivity contribution in [2.24, 2.45) is 15.8 Å². The zero-order valence-corrected chi connectivity index (χ0v) is 15.5. The molecule has 0 aliphatic carbocycles. The minimum atomic E-state index is 0. The third kappa shape index (κ3) is 5.94. The molecule has 0 amide bonds. The zero-order chi connectivity index (χ0) is 17.4. The number of quaternary nitrogens is 1. The van der Waals surface area contributed by atoms with E-state index in [0.717, 1.165) is 5.56 Å². The number of aliphatic imine (C=N–C) groups is 1. The lowest BCUT2D eigenvalue weighted by Gasteiger charge is -2.10. The molecule has 0 aliphatic rings. The lowest BCUT2D eigenvalue weighted by atomic mass is 10.2. The van der Waals surface area contributed by atoms with Gasteiger partial charge in [0.2, 0.25) is 0 Å². The number of benzene rings is 2. The third-order valence-corrected chi connectivity index (χ3v) is 3.61. The van der Waals surface area contributed by atoms with Gasteiger partial charge in [0, 0.05) is 5.56 Å². The van der Waals surface area contributed by atoms with Crippen LogP contribution in [0.15, 0.2) is 52.6 Å². The first-order valence-corrected chi connectivity index (χ1v) is 7.64. The van der Waals surface area contributed by atoms with Gasteiger partial charge in [0.15, 0.2) is 11.5 Å². The van der Waals surface area contributed by atoms with Crippen LogP contribution >= 0.6 is 11.6 Å². The van der Waals surface area contributed by atoms with E-state index in [4.69, 9.17) is 26.8 Å². The molecule has 0 saturated heterocycles. The van der Waals surface area contributed by atoms with Gasteiger partial charge in [-0.05, 0) is 17.7 Å². The fourth-order valence-corrected chi connectivity index (χ4v) is 2.29. The van der Waals surface area contributed by atoms with Crippen molar-refractivity contribution in [1.82, 2.24) is 0 Å². The molecule has 134 valence electrons. The summed E-state index contributed by atoms with van der Waals surface area (Å²) in [5.41, 5.74) is 9.09. The molecule has 0 fully saturated rings. The number of nitrogens with two attached hydrogens (primary N) is 2. The zero-order valence-electron chi connectivity index (χ0n) is 13.9.